The molecule has 0 aliphatic heterocycles. The molecule has 1 rings (SSSR count). The highest BCUT2D eigenvalue weighted by atomic mass is 79.9. The van der Waals surface area contributed by atoms with Crippen LogP contribution in [-0.2, 0) is 0 Å². The molecule has 1 aromatic heterocycles. The molecule has 0 aromatic carbocycles. The average molecular weight is 275 g/mol. The Morgan fingerprint density at radius 2 is 2.33 bits per heavy atom. The van der Waals surface area contributed by atoms with Crippen molar-refractivity contribution < 1.29 is 9.32 Å². The van der Waals surface area contributed by atoms with Crippen molar-refractivity contribution in [2.45, 2.75) is 26.8 Å². The predicted octanol–water partition coefficient (Wildman–Crippen LogP) is 2.23. The number of aryl methyl sites for hydroxylation is 1. The molecule has 0 aliphatic rings. The fraction of sp³-hybridized carbons (Fsp3) is 0.600. The number of aromatic nitrogens is 1. The number of carbonyl (C=O) groups is 1. The zero-order chi connectivity index (χ0) is 11.4. The van der Waals surface area contributed by atoms with Crippen molar-refractivity contribution in [3.8, 4) is 0 Å². The van der Waals surface area contributed by atoms with Gasteiger partial charge in [0.15, 0.2) is 0 Å². The molecule has 0 saturated carbocycles. The Kier molecular flexibility index (Phi) is 4.32. The van der Waals surface area contributed by atoms with Gasteiger partial charge in [-0.15, -0.1) is 0 Å². The number of rotatable bonds is 4. The van der Waals surface area contributed by atoms with E-state index >= 15 is 0 Å². The van der Waals surface area contributed by atoms with Crippen molar-refractivity contribution >= 4 is 21.8 Å². The van der Waals surface area contributed by atoms with Gasteiger partial charge in [0.2, 0.25) is 5.76 Å². The number of hydrogen-bond donors (Lipinski definition) is 0. The van der Waals surface area contributed by atoms with E-state index in [2.05, 4.69) is 21.1 Å². The maximum atomic E-state index is 12.0. The van der Waals surface area contributed by atoms with E-state index in [9.17, 15) is 4.79 Å². The van der Waals surface area contributed by atoms with Crippen molar-refractivity contribution in [1.29, 1.82) is 0 Å². The minimum Gasteiger partial charge on any atom is -0.351 e. The topological polar surface area (TPSA) is 46.3 Å². The summed E-state index contributed by atoms with van der Waals surface area (Å²) in [7, 11) is 0. The largest absolute Gasteiger partial charge is 0.351 e. The van der Waals surface area contributed by atoms with Gasteiger partial charge >= 0.3 is 0 Å². The van der Waals surface area contributed by atoms with Crippen LogP contribution in [-0.4, -0.2) is 33.9 Å². The normalized spacial score (nSPS) is 10.7. The fourth-order valence-corrected chi connectivity index (χ4v) is 1.67. The summed E-state index contributed by atoms with van der Waals surface area (Å²) in [6.07, 6.45) is 0. The quantitative estimate of drug-likeness (QED) is 0.791. The molecule has 1 aromatic rings. The van der Waals surface area contributed by atoms with Crippen molar-refractivity contribution in [3.05, 3.63) is 17.5 Å². The van der Waals surface area contributed by atoms with Crippen LogP contribution in [0.5, 0.6) is 0 Å². The van der Waals surface area contributed by atoms with E-state index in [-0.39, 0.29) is 11.9 Å². The fourth-order valence-electron chi connectivity index (χ4n) is 1.29. The van der Waals surface area contributed by atoms with E-state index < -0.39 is 0 Å². The molecule has 84 valence electrons. The van der Waals surface area contributed by atoms with Crippen LogP contribution < -0.4 is 0 Å². The number of alkyl halides is 1. The van der Waals surface area contributed by atoms with E-state index in [1.807, 2.05) is 13.8 Å². The Morgan fingerprint density at radius 3 is 2.73 bits per heavy atom. The van der Waals surface area contributed by atoms with Crippen molar-refractivity contribution in [1.82, 2.24) is 10.1 Å². The van der Waals surface area contributed by atoms with E-state index in [4.69, 9.17) is 4.52 Å². The van der Waals surface area contributed by atoms with Crippen LogP contribution in [0.15, 0.2) is 10.6 Å². The molecule has 0 aliphatic carbocycles. The SMILES string of the molecule is Cc1cc(C(=O)N(CCBr)C(C)C)on1. The second-order valence-corrected chi connectivity index (χ2v) is 4.41. The molecule has 0 atom stereocenters. The Labute approximate surface area is 97.7 Å². The monoisotopic (exact) mass is 274 g/mol. The second kappa shape index (κ2) is 5.30. The lowest BCUT2D eigenvalue weighted by atomic mass is 10.2. The van der Waals surface area contributed by atoms with Crippen LogP contribution in [0, 0.1) is 6.92 Å². The van der Waals surface area contributed by atoms with Crippen LogP contribution in [0.1, 0.15) is 30.1 Å². The molecule has 15 heavy (non-hydrogen) atoms. The Hall–Kier alpha value is -0.840. The lowest BCUT2D eigenvalue weighted by molar-refractivity contribution is 0.0677. The van der Waals surface area contributed by atoms with Gasteiger partial charge in [0.1, 0.15) is 0 Å². The van der Waals surface area contributed by atoms with E-state index in [0.29, 0.717) is 12.3 Å². The Bertz CT molecular complexity index is 336. The minimum absolute atomic E-state index is 0.106. The molecule has 1 heterocycles. The second-order valence-electron chi connectivity index (χ2n) is 3.61. The third-order valence-corrected chi connectivity index (χ3v) is 2.40. The molecule has 0 fully saturated rings. The van der Waals surface area contributed by atoms with Crippen LogP contribution in [0.25, 0.3) is 0 Å². The number of nitrogens with zero attached hydrogens (tertiary/aromatic N) is 2. The summed E-state index contributed by atoms with van der Waals surface area (Å²) in [5.74, 6) is 0.201. The zero-order valence-corrected chi connectivity index (χ0v) is 10.7. The molecule has 5 heteroatoms. The third-order valence-electron chi connectivity index (χ3n) is 2.05. The van der Waals surface area contributed by atoms with Gasteiger partial charge in [-0.1, -0.05) is 21.1 Å². The van der Waals surface area contributed by atoms with Gasteiger partial charge in [-0.05, 0) is 20.8 Å². The van der Waals surface area contributed by atoms with Gasteiger partial charge in [-0.2, -0.15) is 0 Å². The van der Waals surface area contributed by atoms with Crippen LogP contribution in [0.2, 0.25) is 0 Å². The third kappa shape index (κ3) is 3.06. The zero-order valence-electron chi connectivity index (χ0n) is 9.16. The number of carbonyl (C=O) groups excluding carboxylic acids is 1. The minimum atomic E-state index is -0.106. The van der Waals surface area contributed by atoms with Crippen LogP contribution in [0.4, 0.5) is 0 Å². The van der Waals surface area contributed by atoms with Crippen molar-refractivity contribution in [2.75, 3.05) is 11.9 Å². The number of halogens is 1. The molecule has 4 nitrogen and oxygen atoms in total. The van der Waals surface area contributed by atoms with Gasteiger partial charge in [0, 0.05) is 24.0 Å². The molecular weight excluding hydrogens is 260 g/mol. The van der Waals surface area contributed by atoms with Gasteiger partial charge in [-0.25, -0.2) is 0 Å². The van der Waals surface area contributed by atoms with Crippen LogP contribution >= 0.6 is 15.9 Å². The maximum Gasteiger partial charge on any atom is 0.292 e. The number of hydrogen-bond acceptors (Lipinski definition) is 3. The lowest BCUT2D eigenvalue weighted by Crippen LogP contribution is -2.38. The lowest BCUT2D eigenvalue weighted by Gasteiger charge is -2.24. The molecular formula is C10H15BrN2O2. The highest BCUT2D eigenvalue weighted by Crippen LogP contribution is 2.10. The molecule has 0 saturated heterocycles. The van der Waals surface area contributed by atoms with E-state index in [1.54, 1.807) is 17.9 Å². The first-order valence-electron chi connectivity index (χ1n) is 4.86. The molecule has 1 amide bonds. The van der Waals surface area contributed by atoms with Gasteiger partial charge in [-0.3, -0.25) is 4.79 Å². The summed E-state index contributed by atoms with van der Waals surface area (Å²) in [5.41, 5.74) is 0.723. The Balaban J connectivity index is 2.80. The van der Waals surface area contributed by atoms with Gasteiger partial charge < -0.3 is 9.42 Å². The van der Waals surface area contributed by atoms with E-state index in [1.165, 1.54) is 0 Å². The Morgan fingerprint density at radius 1 is 1.67 bits per heavy atom. The molecule has 0 bridgehead atoms. The first-order valence-corrected chi connectivity index (χ1v) is 5.98. The summed E-state index contributed by atoms with van der Waals surface area (Å²) in [5, 5.41) is 4.46. The van der Waals surface area contributed by atoms with Crippen molar-refractivity contribution in [3.63, 3.8) is 0 Å². The first-order chi connectivity index (χ1) is 7.06. The standard InChI is InChI=1S/C10H15BrN2O2/c1-7(2)13(5-4-11)10(14)9-6-8(3)12-15-9/h6-7H,4-5H2,1-3H3. The molecule has 0 N–H and O–H groups in total. The summed E-state index contributed by atoms with van der Waals surface area (Å²) < 4.78 is 4.95. The number of amides is 1. The van der Waals surface area contributed by atoms with Gasteiger partial charge in [0.25, 0.3) is 5.91 Å². The molecule has 0 spiro atoms. The summed E-state index contributed by atoms with van der Waals surface area (Å²) >= 11 is 3.32. The van der Waals surface area contributed by atoms with Gasteiger partial charge in [0.05, 0.1) is 5.69 Å². The smallest absolute Gasteiger partial charge is 0.292 e. The first kappa shape index (κ1) is 12.2. The average Bonchev–Trinajstić information content (AvgIpc) is 2.59. The summed E-state index contributed by atoms with van der Waals surface area (Å²) in [4.78, 5) is 13.7. The predicted molar refractivity (Wildman–Crippen MR) is 61.2 cm³/mol. The molecule has 0 unspecified atom stereocenters. The summed E-state index contributed by atoms with van der Waals surface area (Å²) in [6, 6.07) is 1.81. The summed E-state index contributed by atoms with van der Waals surface area (Å²) in [6.45, 7) is 6.41. The highest BCUT2D eigenvalue weighted by Gasteiger charge is 2.21. The highest BCUT2D eigenvalue weighted by molar-refractivity contribution is 9.09. The van der Waals surface area contributed by atoms with Crippen LogP contribution in [0.3, 0.4) is 0 Å². The van der Waals surface area contributed by atoms with E-state index in [0.717, 1.165) is 11.0 Å². The molecule has 0 radical (unpaired) electrons. The van der Waals surface area contributed by atoms with Crippen molar-refractivity contribution in [2.24, 2.45) is 0 Å². The maximum absolute atomic E-state index is 12.0.